The molecule has 0 fully saturated rings. The monoisotopic (exact) mass is 335 g/mol. The Morgan fingerprint density at radius 3 is 2.24 bits per heavy atom. The van der Waals surface area contributed by atoms with Crippen LogP contribution in [0.1, 0.15) is 0 Å². The SMILES string of the molecule is Nc1sc(S(=O)(=O)Nc2cc(F)cc(F)c2)cc1[N+](=O)[O-]. The zero-order valence-electron chi connectivity index (χ0n) is 10.0. The molecule has 1 aromatic heterocycles. The first-order valence-corrected chi connectivity index (χ1v) is 7.51. The van der Waals surface area contributed by atoms with Gasteiger partial charge in [-0.2, -0.15) is 0 Å². The molecule has 112 valence electrons. The van der Waals surface area contributed by atoms with Gasteiger partial charge in [-0.05, 0) is 12.1 Å². The molecule has 0 spiro atoms. The van der Waals surface area contributed by atoms with Crippen LogP contribution >= 0.6 is 11.3 Å². The number of thiophene rings is 1. The summed E-state index contributed by atoms with van der Waals surface area (Å²) in [6.45, 7) is 0. The van der Waals surface area contributed by atoms with Gasteiger partial charge in [-0.25, -0.2) is 17.2 Å². The van der Waals surface area contributed by atoms with E-state index in [1.54, 1.807) is 0 Å². The van der Waals surface area contributed by atoms with E-state index < -0.39 is 36.5 Å². The maximum absolute atomic E-state index is 13.0. The van der Waals surface area contributed by atoms with Gasteiger partial charge in [-0.3, -0.25) is 14.8 Å². The number of nitrogens with zero attached hydrogens (tertiary/aromatic N) is 1. The summed E-state index contributed by atoms with van der Waals surface area (Å²) in [6.07, 6.45) is 0. The van der Waals surface area contributed by atoms with Gasteiger partial charge in [0, 0.05) is 12.1 Å². The predicted octanol–water partition coefficient (Wildman–Crippen LogP) is 2.32. The number of rotatable bonds is 4. The molecule has 0 unspecified atom stereocenters. The summed E-state index contributed by atoms with van der Waals surface area (Å²) >= 11 is 0.475. The second-order valence-electron chi connectivity index (χ2n) is 3.84. The molecule has 11 heteroatoms. The van der Waals surface area contributed by atoms with Crippen molar-refractivity contribution < 1.29 is 22.1 Å². The lowest BCUT2D eigenvalue weighted by atomic mass is 10.3. The van der Waals surface area contributed by atoms with Gasteiger partial charge in [0.1, 0.15) is 15.8 Å². The van der Waals surface area contributed by atoms with E-state index in [-0.39, 0.29) is 10.7 Å². The fourth-order valence-electron chi connectivity index (χ4n) is 1.47. The predicted molar refractivity (Wildman–Crippen MR) is 72.6 cm³/mol. The molecule has 0 saturated heterocycles. The van der Waals surface area contributed by atoms with E-state index in [0.29, 0.717) is 17.4 Å². The average molecular weight is 335 g/mol. The van der Waals surface area contributed by atoms with Crippen LogP contribution in [0.5, 0.6) is 0 Å². The first-order chi connectivity index (χ1) is 9.69. The minimum Gasteiger partial charge on any atom is -0.385 e. The Hall–Kier alpha value is -2.27. The molecule has 1 heterocycles. The molecule has 2 aromatic rings. The summed E-state index contributed by atoms with van der Waals surface area (Å²) in [5.74, 6) is -1.94. The van der Waals surface area contributed by atoms with Crippen molar-refractivity contribution >= 4 is 37.7 Å². The van der Waals surface area contributed by atoms with E-state index in [1.807, 2.05) is 4.72 Å². The number of sulfonamides is 1. The molecule has 1 aromatic carbocycles. The number of nitrogen functional groups attached to an aromatic ring is 1. The van der Waals surface area contributed by atoms with E-state index >= 15 is 0 Å². The molecule has 0 aliphatic carbocycles. The number of anilines is 2. The minimum absolute atomic E-state index is 0.286. The van der Waals surface area contributed by atoms with Crippen LogP contribution in [-0.2, 0) is 10.0 Å². The molecule has 3 N–H and O–H groups in total. The van der Waals surface area contributed by atoms with Gasteiger partial charge in [0.05, 0.1) is 10.6 Å². The van der Waals surface area contributed by atoms with Crippen molar-refractivity contribution in [3.8, 4) is 0 Å². The lowest BCUT2D eigenvalue weighted by Gasteiger charge is -2.06. The van der Waals surface area contributed by atoms with Gasteiger partial charge in [-0.15, -0.1) is 0 Å². The topological polar surface area (TPSA) is 115 Å². The highest BCUT2D eigenvalue weighted by Gasteiger charge is 2.25. The summed E-state index contributed by atoms with van der Waals surface area (Å²) in [6, 6.07) is 2.89. The van der Waals surface area contributed by atoms with Crippen LogP contribution < -0.4 is 10.5 Å². The van der Waals surface area contributed by atoms with Gasteiger partial charge in [0.25, 0.3) is 10.0 Å². The molecule has 0 aliphatic heterocycles. The zero-order valence-corrected chi connectivity index (χ0v) is 11.7. The van der Waals surface area contributed by atoms with Crippen molar-refractivity contribution in [1.82, 2.24) is 0 Å². The first kappa shape index (κ1) is 15.1. The van der Waals surface area contributed by atoms with Crippen LogP contribution in [0.3, 0.4) is 0 Å². The minimum atomic E-state index is -4.23. The standard InChI is InChI=1S/C10H7F2N3O4S2/c11-5-1-6(12)3-7(2-5)14-21(18,19)9-4-8(15(16)17)10(13)20-9/h1-4,14H,13H2. The first-order valence-electron chi connectivity index (χ1n) is 5.21. The van der Waals surface area contributed by atoms with Gasteiger partial charge >= 0.3 is 5.69 Å². The number of hydrogen-bond acceptors (Lipinski definition) is 6. The quantitative estimate of drug-likeness (QED) is 0.657. The smallest absolute Gasteiger partial charge is 0.304 e. The van der Waals surface area contributed by atoms with Crippen LogP contribution in [0.25, 0.3) is 0 Å². The molecule has 2 rings (SSSR count). The van der Waals surface area contributed by atoms with E-state index in [9.17, 15) is 27.3 Å². The number of hydrogen-bond donors (Lipinski definition) is 2. The zero-order chi connectivity index (χ0) is 15.8. The fourth-order valence-corrected chi connectivity index (χ4v) is 3.72. The van der Waals surface area contributed by atoms with Crippen molar-refractivity contribution in [3.05, 3.63) is 46.0 Å². The normalized spacial score (nSPS) is 11.3. The van der Waals surface area contributed by atoms with Crippen LogP contribution in [0.4, 0.5) is 25.2 Å². The Labute approximate surface area is 121 Å². The maximum Gasteiger partial charge on any atom is 0.304 e. The molecular weight excluding hydrogens is 328 g/mol. The van der Waals surface area contributed by atoms with Crippen molar-refractivity contribution in [1.29, 1.82) is 0 Å². The Morgan fingerprint density at radius 2 is 1.76 bits per heavy atom. The maximum atomic E-state index is 13.0. The highest BCUT2D eigenvalue weighted by atomic mass is 32.2. The lowest BCUT2D eigenvalue weighted by Crippen LogP contribution is -2.11. The van der Waals surface area contributed by atoms with Crippen molar-refractivity contribution in [2.45, 2.75) is 4.21 Å². The third-order valence-electron chi connectivity index (χ3n) is 2.29. The lowest BCUT2D eigenvalue weighted by molar-refractivity contribution is -0.383. The number of halogens is 2. The molecule has 0 amide bonds. The molecule has 0 aliphatic rings. The van der Waals surface area contributed by atoms with Gasteiger partial charge < -0.3 is 5.73 Å². The molecule has 0 radical (unpaired) electrons. The van der Waals surface area contributed by atoms with Gasteiger partial charge in [0.15, 0.2) is 5.00 Å². The molecular formula is C10H7F2N3O4S2. The fraction of sp³-hybridized carbons (Fsp3) is 0. The van der Waals surface area contributed by atoms with Crippen LogP contribution in [0, 0.1) is 21.7 Å². The summed E-state index contributed by atoms with van der Waals surface area (Å²) in [5.41, 5.74) is 4.45. The second kappa shape index (κ2) is 5.26. The largest absolute Gasteiger partial charge is 0.385 e. The van der Waals surface area contributed by atoms with E-state index in [0.717, 1.165) is 18.2 Å². The van der Waals surface area contributed by atoms with Gasteiger partial charge in [0.2, 0.25) is 0 Å². The summed E-state index contributed by atoms with van der Waals surface area (Å²) in [4.78, 5) is 9.80. The number of nitrogens with one attached hydrogen (secondary N) is 1. The number of nitro groups is 1. The summed E-state index contributed by atoms with van der Waals surface area (Å²) in [7, 11) is -4.23. The molecule has 0 saturated carbocycles. The number of nitrogens with two attached hydrogens (primary N) is 1. The third-order valence-corrected chi connectivity index (χ3v) is 5.10. The molecule has 0 atom stereocenters. The highest BCUT2D eigenvalue weighted by molar-refractivity contribution is 7.94. The Kier molecular flexibility index (Phi) is 3.78. The molecule has 7 nitrogen and oxygen atoms in total. The third kappa shape index (κ3) is 3.25. The Morgan fingerprint density at radius 1 is 1.19 bits per heavy atom. The second-order valence-corrected chi connectivity index (χ2v) is 6.83. The molecule has 21 heavy (non-hydrogen) atoms. The number of benzene rings is 1. The summed E-state index contributed by atoms with van der Waals surface area (Å²) < 4.78 is 51.5. The Bertz CT molecular complexity index is 799. The van der Waals surface area contributed by atoms with E-state index in [1.165, 1.54) is 0 Å². The molecule has 0 bridgehead atoms. The average Bonchev–Trinajstić information content (AvgIpc) is 2.70. The van der Waals surface area contributed by atoms with Crippen LogP contribution in [0.15, 0.2) is 28.5 Å². The van der Waals surface area contributed by atoms with Gasteiger partial charge in [-0.1, -0.05) is 11.3 Å². The van der Waals surface area contributed by atoms with Crippen LogP contribution in [-0.4, -0.2) is 13.3 Å². The highest BCUT2D eigenvalue weighted by Crippen LogP contribution is 2.35. The van der Waals surface area contributed by atoms with Crippen molar-refractivity contribution in [3.63, 3.8) is 0 Å². The van der Waals surface area contributed by atoms with E-state index in [4.69, 9.17) is 5.73 Å². The Balaban J connectivity index is 2.38. The summed E-state index contributed by atoms with van der Waals surface area (Å²) in [5, 5.41) is 10.3. The van der Waals surface area contributed by atoms with Crippen molar-refractivity contribution in [2.24, 2.45) is 0 Å². The van der Waals surface area contributed by atoms with E-state index in [2.05, 4.69) is 0 Å². The van der Waals surface area contributed by atoms with Crippen LogP contribution in [0.2, 0.25) is 0 Å². The van der Waals surface area contributed by atoms with Crippen molar-refractivity contribution in [2.75, 3.05) is 10.5 Å².